The maximum absolute atomic E-state index is 12.2. The molecule has 0 spiro atoms. The first-order valence-electron chi connectivity index (χ1n) is 8.24. The van der Waals surface area contributed by atoms with E-state index in [2.05, 4.69) is 17.0 Å². The third kappa shape index (κ3) is 4.18. The summed E-state index contributed by atoms with van der Waals surface area (Å²) in [6.45, 7) is 3.39. The molecule has 2 atom stereocenters. The van der Waals surface area contributed by atoms with Crippen molar-refractivity contribution in [1.29, 1.82) is 0 Å². The van der Waals surface area contributed by atoms with Crippen molar-refractivity contribution in [1.82, 2.24) is 9.97 Å². The minimum absolute atomic E-state index is 0.0473. The second-order valence-electron chi connectivity index (χ2n) is 6.09. The van der Waals surface area contributed by atoms with Crippen LogP contribution in [0.3, 0.4) is 0 Å². The summed E-state index contributed by atoms with van der Waals surface area (Å²) in [5.74, 6) is 1.48. The summed E-state index contributed by atoms with van der Waals surface area (Å²) in [5.41, 5.74) is 0.621. The van der Waals surface area contributed by atoms with Crippen LogP contribution < -0.4 is 15.2 Å². The highest BCUT2D eigenvalue weighted by Gasteiger charge is 2.19. The van der Waals surface area contributed by atoms with E-state index in [1.54, 1.807) is 18.2 Å². The molecule has 0 fully saturated rings. The molecule has 130 valence electrons. The highest BCUT2D eigenvalue weighted by Crippen LogP contribution is 2.15. The molecule has 3 aromatic rings. The van der Waals surface area contributed by atoms with Crippen LogP contribution in [0, 0.1) is 0 Å². The molecule has 0 radical (unpaired) electrons. The van der Waals surface area contributed by atoms with Gasteiger partial charge in [0.05, 0.1) is 18.0 Å². The van der Waals surface area contributed by atoms with Gasteiger partial charge in [0.25, 0.3) is 5.56 Å². The van der Waals surface area contributed by atoms with E-state index in [1.807, 2.05) is 37.3 Å². The normalized spacial score (nSPS) is 13.6. The van der Waals surface area contributed by atoms with Crippen molar-refractivity contribution >= 4 is 22.5 Å². The lowest BCUT2D eigenvalue weighted by atomic mass is 10.2. The van der Waals surface area contributed by atoms with E-state index in [-0.39, 0.29) is 11.6 Å². The van der Waals surface area contributed by atoms with Crippen LogP contribution in [0.5, 0.6) is 5.75 Å². The molecule has 1 aromatic heterocycles. The number of nitrogens with one attached hydrogen (secondary N) is 2. The van der Waals surface area contributed by atoms with E-state index in [1.165, 1.54) is 4.90 Å². The number of hydrogen-bond donors (Lipinski definition) is 2. The van der Waals surface area contributed by atoms with Crippen molar-refractivity contribution in [3.63, 3.8) is 0 Å². The fraction of sp³-hybridized carbons (Fsp3) is 0.263. The zero-order valence-electron chi connectivity index (χ0n) is 14.3. The van der Waals surface area contributed by atoms with E-state index in [9.17, 15) is 4.79 Å². The molecule has 2 aromatic carbocycles. The quantitative estimate of drug-likeness (QED) is 0.710. The summed E-state index contributed by atoms with van der Waals surface area (Å²) in [5, 5.41) is 1.30. The molecule has 5 nitrogen and oxygen atoms in total. The fourth-order valence-electron chi connectivity index (χ4n) is 2.62. The maximum atomic E-state index is 12.2. The number of aromatic amines is 1. The number of aromatic nitrogens is 2. The van der Waals surface area contributed by atoms with Crippen LogP contribution in [0.25, 0.3) is 10.9 Å². The van der Waals surface area contributed by atoms with Crippen molar-refractivity contribution < 1.29 is 9.64 Å². The third-order valence-corrected chi connectivity index (χ3v) is 4.61. The lowest BCUT2D eigenvalue weighted by Crippen LogP contribution is -3.09. The molecule has 2 N–H and O–H groups in total. The number of halogens is 1. The van der Waals surface area contributed by atoms with Gasteiger partial charge in [-0.3, -0.25) is 4.79 Å². The summed E-state index contributed by atoms with van der Waals surface area (Å²) in [6.07, 6.45) is 0. The average Bonchev–Trinajstić information content (AvgIpc) is 2.62. The minimum atomic E-state index is -0.0994. The number of ether oxygens (including phenoxy) is 1. The van der Waals surface area contributed by atoms with Gasteiger partial charge in [-0.2, -0.15) is 0 Å². The molecule has 0 aliphatic rings. The van der Waals surface area contributed by atoms with Crippen LogP contribution in [0.4, 0.5) is 0 Å². The first-order valence-corrected chi connectivity index (χ1v) is 8.62. The molecular formula is C19H21ClN3O2+. The molecule has 0 aliphatic carbocycles. The molecule has 25 heavy (non-hydrogen) atoms. The van der Waals surface area contributed by atoms with Gasteiger partial charge in [-0.1, -0.05) is 23.7 Å². The Morgan fingerprint density at radius 2 is 1.92 bits per heavy atom. The highest BCUT2D eigenvalue weighted by atomic mass is 35.5. The van der Waals surface area contributed by atoms with Gasteiger partial charge < -0.3 is 14.6 Å². The second-order valence-corrected chi connectivity index (χ2v) is 6.53. The number of rotatable bonds is 6. The van der Waals surface area contributed by atoms with Crippen LogP contribution >= 0.6 is 11.6 Å². The van der Waals surface area contributed by atoms with E-state index in [4.69, 9.17) is 16.3 Å². The smallest absolute Gasteiger partial charge is 0.258 e. The SMILES string of the molecule is C[C@H](c1nc2ccccc2c(=O)[nH]1)[NH+](C)CCOc1ccc(Cl)cc1. The summed E-state index contributed by atoms with van der Waals surface area (Å²) in [4.78, 5) is 20.9. The molecule has 1 unspecified atom stereocenters. The maximum Gasteiger partial charge on any atom is 0.258 e. The predicted molar refractivity (Wildman–Crippen MR) is 99.5 cm³/mol. The Morgan fingerprint density at radius 3 is 2.68 bits per heavy atom. The number of nitrogens with zero attached hydrogens (tertiary/aromatic N) is 1. The lowest BCUT2D eigenvalue weighted by molar-refractivity contribution is -0.910. The number of quaternary nitrogens is 1. The number of hydrogen-bond acceptors (Lipinski definition) is 3. The molecule has 6 heteroatoms. The fourth-order valence-corrected chi connectivity index (χ4v) is 2.75. The van der Waals surface area contributed by atoms with E-state index in [0.717, 1.165) is 17.8 Å². The van der Waals surface area contributed by atoms with Gasteiger partial charge in [0, 0.05) is 5.02 Å². The Labute approximate surface area is 151 Å². The molecule has 0 saturated carbocycles. The van der Waals surface area contributed by atoms with Crippen LogP contribution in [0.2, 0.25) is 5.02 Å². The van der Waals surface area contributed by atoms with Crippen molar-refractivity contribution in [2.45, 2.75) is 13.0 Å². The Balaban J connectivity index is 1.64. The Hall–Kier alpha value is -2.37. The van der Waals surface area contributed by atoms with Gasteiger partial charge >= 0.3 is 0 Å². The summed E-state index contributed by atoms with van der Waals surface area (Å²) in [7, 11) is 2.06. The second kappa shape index (κ2) is 7.68. The van der Waals surface area contributed by atoms with Crippen molar-refractivity contribution in [2.75, 3.05) is 20.2 Å². The summed E-state index contributed by atoms with van der Waals surface area (Å²) < 4.78 is 5.74. The van der Waals surface area contributed by atoms with Crippen LogP contribution in [0.15, 0.2) is 53.3 Å². The number of likely N-dealkylation sites (N-methyl/N-ethyl adjacent to an activating group) is 1. The van der Waals surface area contributed by atoms with Gasteiger partial charge in [0.1, 0.15) is 24.9 Å². The van der Waals surface area contributed by atoms with Crippen molar-refractivity contribution in [3.05, 3.63) is 69.7 Å². The van der Waals surface area contributed by atoms with Crippen LogP contribution in [-0.4, -0.2) is 30.2 Å². The predicted octanol–water partition coefficient (Wildman–Crippen LogP) is 2.23. The number of H-pyrrole nitrogens is 1. The van der Waals surface area contributed by atoms with Gasteiger partial charge in [0.15, 0.2) is 5.82 Å². The summed E-state index contributed by atoms with van der Waals surface area (Å²) in [6, 6.07) is 14.7. The van der Waals surface area contributed by atoms with Gasteiger partial charge in [0.2, 0.25) is 0 Å². The first-order chi connectivity index (χ1) is 12.0. The van der Waals surface area contributed by atoms with Crippen LogP contribution in [0.1, 0.15) is 18.8 Å². The van der Waals surface area contributed by atoms with E-state index < -0.39 is 0 Å². The molecule has 0 bridgehead atoms. The van der Waals surface area contributed by atoms with Crippen LogP contribution in [-0.2, 0) is 0 Å². The average molecular weight is 359 g/mol. The largest absolute Gasteiger partial charge is 0.488 e. The molecule has 0 aliphatic heterocycles. The monoisotopic (exact) mass is 358 g/mol. The van der Waals surface area contributed by atoms with Crippen molar-refractivity contribution in [3.8, 4) is 5.75 Å². The van der Waals surface area contributed by atoms with E-state index >= 15 is 0 Å². The van der Waals surface area contributed by atoms with Gasteiger partial charge in [-0.05, 0) is 43.3 Å². The van der Waals surface area contributed by atoms with Crippen molar-refractivity contribution in [2.24, 2.45) is 0 Å². The first kappa shape index (κ1) is 17.5. The molecule has 3 rings (SSSR count). The van der Waals surface area contributed by atoms with Gasteiger partial charge in [-0.25, -0.2) is 4.98 Å². The Bertz CT molecular complexity index is 908. The third-order valence-electron chi connectivity index (χ3n) is 4.36. The van der Waals surface area contributed by atoms with E-state index in [0.29, 0.717) is 22.8 Å². The Kier molecular flexibility index (Phi) is 5.36. The summed E-state index contributed by atoms with van der Waals surface area (Å²) >= 11 is 5.86. The minimum Gasteiger partial charge on any atom is -0.488 e. The zero-order chi connectivity index (χ0) is 17.8. The Morgan fingerprint density at radius 1 is 1.20 bits per heavy atom. The molecular weight excluding hydrogens is 338 g/mol. The molecule has 0 saturated heterocycles. The standard InChI is InChI=1S/C19H20ClN3O2/c1-13(18-21-17-6-4-3-5-16(17)19(24)22-18)23(2)11-12-25-15-9-7-14(20)8-10-15/h3-10,13H,11-12H2,1-2H3,(H,21,22,24)/p+1/t13-/m1/s1. The topological polar surface area (TPSA) is 59.4 Å². The molecule has 0 amide bonds. The number of para-hydroxylation sites is 1. The zero-order valence-corrected chi connectivity index (χ0v) is 15.0. The molecule has 1 heterocycles. The lowest BCUT2D eigenvalue weighted by Gasteiger charge is -2.21. The van der Waals surface area contributed by atoms with Gasteiger partial charge in [-0.15, -0.1) is 0 Å². The number of benzene rings is 2. The highest BCUT2D eigenvalue weighted by molar-refractivity contribution is 6.30. The number of fused-ring (bicyclic) bond motifs is 1.